The van der Waals surface area contributed by atoms with Crippen LogP contribution in [0.15, 0.2) is 0 Å². The highest BCUT2D eigenvalue weighted by molar-refractivity contribution is 4.69. The molecule has 4 N–H and O–H groups in total. The number of hydrogen-bond acceptors (Lipinski definition) is 4. The molecule has 0 aromatic carbocycles. The molecule has 14 heavy (non-hydrogen) atoms. The Morgan fingerprint density at radius 3 is 1.86 bits per heavy atom. The molecular formula is C10H24N4. The van der Waals surface area contributed by atoms with E-state index in [0.29, 0.717) is 6.04 Å². The summed E-state index contributed by atoms with van der Waals surface area (Å²) >= 11 is 0. The van der Waals surface area contributed by atoms with Gasteiger partial charge < -0.3 is 21.3 Å². The summed E-state index contributed by atoms with van der Waals surface area (Å²) in [5, 5.41) is 13.2. The van der Waals surface area contributed by atoms with Crippen molar-refractivity contribution in [2.75, 3.05) is 45.8 Å². The summed E-state index contributed by atoms with van der Waals surface area (Å²) in [6.45, 7) is 10.2. The normalized spacial score (nSPS) is 28.5. The molecule has 0 amide bonds. The molecule has 2 rings (SSSR count). The van der Waals surface area contributed by atoms with Crippen LogP contribution in [0, 0.1) is 0 Å². The van der Waals surface area contributed by atoms with Gasteiger partial charge >= 0.3 is 0 Å². The van der Waals surface area contributed by atoms with Crippen molar-refractivity contribution < 1.29 is 0 Å². The van der Waals surface area contributed by atoms with Crippen molar-refractivity contribution in [1.82, 2.24) is 21.3 Å². The van der Waals surface area contributed by atoms with E-state index in [0.717, 1.165) is 32.7 Å². The summed E-state index contributed by atoms with van der Waals surface area (Å²) in [6, 6.07) is 0.675. The molecule has 0 aliphatic carbocycles. The van der Waals surface area contributed by atoms with E-state index in [2.05, 4.69) is 28.2 Å². The Morgan fingerprint density at radius 2 is 1.43 bits per heavy atom. The molecule has 2 aliphatic heterocycles. The Kier molecular flexibility index (Phi) is 6.95. The number of hydrogen-bond donors (Lipinski definition) is 4. The van der Waals surface area contributed by atoms with Gasteiger partial charge in [0.2, 0.25) is 0 Å². The van der Waals surface area contributed by atoms with Crippen LogP contribution < -0.4 is 21.3 Å². The van der Waals surface area contributed by atoms with Crippen molar-refractivity contribution in [1.29, 1.82) is 0 Å². The number of rotatable bonds is 0. The van der Waals surface area contributed by atoms with E-state index in [1.165, 1.54) is 19.5 Å². The van der Waals surface area contributed by atoms with Crippen LogP contribution in [0.2, 0.25) is 0 Å². The minimum atomic E-state index is 0.675. The van der Waals surface area contributed by atoms with E-state index in [1.54, 1.807) is 0 Å². The van der Waals surface area contributed by atoms with Gasteiger partial charge in [0.15, 0.2) is 0 Å². The van der Waals surface area contributed by atoms with Crippen molar-refractivity contribution in [3.63, 3.8) is 0 Å². The highest BCUT2D eigenvalue weighted by Gasteiger charge is 2.03. The average molecular weight is 200 g/mol. The van der Waals surface area contributed by atoms with Gasteiger partial charge in [-0.15, -0.1) is 0 Å². The molecule has 0 aromatic rings. The minimum Gasteiger partial charge on any atom is -0.315 e. The third kappa shape index (κ3) is 6.32. The van der Waals surface area contributed by atoms with Crippen molar-refractivity contribution in [3.05, 3.63) is 0 Å². The standard InChI is InChI=1S/2C5H12N2/c1-5-4-6-2-3-7-5;1-2-6-4-5-7-3-1/h5-7H,2-4H2,1H3;6-7H,1-5H2. The Balaban J connectivity index is 0.000000140. The van der Waals surface area contributed by atoms with Gasteiger partial charge in [0, 0.05) is 38.8 Å². The first kappa shape index (κ1) is 11.9. The van der Waals surface area contributed by atoms with Gasteiger partial charge in [0.1, 0.15) is 0 Å². The summed E-state index contributed by atoms with van der Waals surface area (Å²) in [5.41, 5.74) is 0. The van der Waals surface area contributed by atoms with E-state index in [-0.39, 0.29) is 0 Å². The first-order chi connectivity index (χ1) is 6.89. The van der Waals surface area contributed by atoms with Gasteiger partial charge in [-0.3, -0.25) is 0 Å². The molecule has 1 unspecified atom stereocenters. The maximum atomic E-state index is 3.32. The zero-order chi connectivity index (χ0) is 10.1. The second-order valence-corrected chi connectivity index (χ2v) is 3.91. The second-order valence-electron chi connectivity index (χ2n) is 3.91. The smallest absolute Gasteiger partial charge is 0.0164 e. The first-order valence-electron chi connectivity index (χ1n) is 5.75. The van der Waals surface area contributed by atoms with E-state index in [4.69, 9.17) is 0 Å². The van der Waals surface area contributed by atoms with Crippen LogP contribution in [-0.4, -0.2) is 51.9 Å². The fourth-order valence-electron chi connectivity index (χ4n) is 1.56. The Labute approximate surface area is 87.2 Å². The van der Waals surface area contributed by atoms with Crippen LogP contribution in [0.1, 0.15) is 13.3 Å². The van der Waals surface area contributed by atoms with Crippen LogP contribution in [0.5, 0.6) is 0 Å². The van der Waals surface area contributed by atoms with Gasteiger partial charge in [0.05, 0.1) is 0 Å². The summed E-state index contributed by atoms with van der Waals surface area (Å²) in [4.78, 5) is 0. The Bertz CT molecular complexity index is 104. The molecule has 4 heteroatoms. The fourth-order valence-corrected chi connectivity index (χ4v) is 1.56. The predicted octanol–water partition coefficient (Wildman–Crippen LogP) is -0.863. The highest BCUT2D eigenvalue weighted by Crippen LogP contribution is 1.80. The molecule has 2 aliphatic rings. The van der Waals surface area contributed by atoms with Crippen LogP contribution >= 0.6 is 0 Å². The monoisotopic (exact) mass is 200 g/mol. The van der Waals surface area contributed by atoms with Crippen molar-refractivity contribution in [3.8, 4) is 0 Å². The average Bonchev–Trinajstić information content (AvgIpc) is 2.51. The minimum absolute atomic E-state index is 0.675. The summed E-state index contributed by atoms with van der Waals surface area (Å²) < 4.78 is 0. The highest BCUT2D eigenvalue weighted by atomic mass is 15.0. The topological polar surface area (TPSA) is 48.1 Å². The lowest BCUT2D eigenvalue weighted by Gasteiger charge is -2.19. The third-order valence-corrected chi connectivity index (χ3v) is 2.43. The van der Waals surface area contributed by atoms with Gasteiger partial charge in [-0.05, 0) is 26.4 Å². The first-order valence-corrected chi connectivity index (χ1v) is 5.75. The quantitative estimate of drug-likeness (QED) is 0.411. The summed E-state index contributed by atoms with van der Waals surface area (Å²) in [6.07, 6.45) is 1.28. The largest absolute Gasteiger partial charge is 0.315 e. The second kappa shape index (κ2) is 8.17. The lowest BCUT2D eigenvalue weighted by Crippen LogP contribution is -2.46. The molecule has 0 spiro atoms. The molecule has 2 saturated heterocycles. The van der Waals surface area contributed by atoms with Crippen molar-refractivity contribution >= 4 is 0 Å². The van der Waals surface area contributed by atoms with Crippen molar-refractivity contribution in [2.24, 2.45) is 0 Å². The fraction of sp³-hybridized carbons (Fsp3) is 1.00. The Hall–Kier alpha value is -0.160. The molecular weight excluding hydrogens is 176 g/mol. The van der Waals surface area contributed by atoms with Gasteiger partial charge in [-0.2, -0.15) is 0 Å². The van der Waals surface area contributed by atoms with Gasteiger partial charge in [-0.25, -0.2) is 0 Å². The Morgan fingerprint density at radius 1 is 0.786 bits per heavy atom. The molecule has 1 atom stereocenters. The lowest BCUT2D eigenvalue weighted by atomic mass is 10.3. The molecule has 84 valence electrons. The molecule has 0 radical (unpaired) electrons. The van der Waals surface area contributed by atoms with Crippen LogP contribution in [0.4, 0.5) is 0 Å². The predicted molar refractivity (Wildman–Crippen MR) is 60.7 cm³/mol. The van der Waals surface area contributed by atoms with E-state index in [9.17, 15) is 0 Å². The van der Waals surface area contributed by atoms with E-state index in [1.807, 2.05) is 0 Å². The van der Waals surface area contributed by atoms with E-state index >= 15 is 0 Å². The molecule has 4 nitrogen and oxygen atoms in total. The van der Waals surface area contributed by atoms with Gasteiger partial charge in [0.25, 0.3) is 0 Å². The molecule has 0 saturated carbocycles. The molecule has 2 heterocycles. The zero-order valence-electron chi connectivity index (χ0n) is 9.23. The summed E-state index contributed by atoms with van der Waals surface area (Å²) in [5.74, 6) is 0. The van der Waals surface area contributed by atoms with Crippen LogP contribution in [-0.2, 0) is 0 Å². The third-order valence-electron chi connectivity index (χ3n) is 2.43. The van der Waals surface area contributed by atoms with E-state index < -0.39 is 0 Å². The maximum Gasteiger partial charge on any atom is 0.0164 e. The summed E-state index contributed by atoms with van der Waals surface area (Å²) in [7, 11) is 0. The maximum absolute atomic E-state index is 3.32. The number of nitrogens with one attached hydrogen (secondary N) is 4. The van der Waals surface area contributed by atoms with Crippen LogP contribution in [0.3, 0.4) is 0 Å². The van der Waals surface area contributed by atoms with Crippen LogP contribution in [0.25, 0.3) is 0 Å². The van der Waals surface area contributed by atoms with Crippen molar-refractivity contribution in [2.45, 2.75) is 19.4 Å². The molecule has 0 aromatic heterocycles. The molecule has 2 fully saturated rings. The SMILES string of the molecule is C1CNCCNC1.CC1CNCCN1. The van der Waals surface area contributed by atoms with Gasteiger partial charge in [-0.1, -0.05) is 0 Å². The molecule has 0 bridgehead atoms. The number of piperazine rings is 1. The zero-order valence-corrected chi connectivity index (χ0v) is 9.23. The lowest BCUT2D eigenvalue weighted by molar-refractivity contribution is 0.442.